The molecule has 2 aliphatic heterocycles. The van der Waals surface area contributed by atoms with Gasteiger partial charge in [0.2, 0.25) is 5.91 Å². The lowest BCUT2D eigenvalue weighted by Crippen LogP contribution is -2.47. The monoisotopic (exact) mass is 339 g/mol. The van der Waals surface area contributed by atoms with Crippen LogP contribution in [0.25, 0.3) is 0 Å². The maximum atomic E-state index is 12.1. The fourth-order valence-electron chi connectivity index (χ4n) is 2.97. The van der Waals surface area contributed by atoms with Gasteiger partial charge in [0.1, 0.15) is 0 Å². The summed E-state index contributed by atoms with van der Waals surface area (Å²) in [5.41, 5.74) is 0. The summed E-state index contributed by atoms with van der Waals surface area (Å²) in [4.78, 5) is 16.2. The van der Waals surface area contributed by atoms with Crippen LogP contribution in [0.1, 0.15) is 19.8 Å². The zero-order valence-electron chi connectivity index (χ0n) is 12.6. The van der Waals surface area contributed by atoms with Gasteiger partial charge in [-0.15, -0.1) is 12.4 Å². The lowest BCUT2D eigenvalue weighted by molar-refractivity contribution is -0.132. The molecule has 21 heavy (non-hydrogen) atoms. The number of piperazine rings is 1. The first-order valence-corrected chi connectivity index (χ1v) is 9.27. The van der Waals surface area contributed by atoms with Crippen LogP contribution < -0.4 is 5.32 Å². The minimum atomic E-state index is -2.85. The first-order chi connectivity index (χ1) is 9.52. The average Bonchev–Trinajstić information content (AvgIpc) is 2.80. The van der Waals surface area contributed by atoms with Crippen LogP contribution in [0.5, 0.6) is 0 Å². The van der Waals surface area contributed by atoms with E-state index in [1.807, 2.05) is 11.8 Å². The Kier molecular flexibility index (Phi) is 7.39. The van der Waals surface area contributed by atoms with Crippen molar-refractivity contribution in [2.45, 2.75) is 25.8 Å². The van der Waals surface area contributed by atoms with E-state index in [1.54, 1.807) is 0 Å². The van der Waals surface area contributed by atoms with Crippen LogP contribution in [0.4, 0.5) is 0 Å². The predicted octanol–water partition coefficient (Wildman–Crippen LogP) is -0.261. The average molecular weight is 340 g/mol. The molecule has 0 bridgehead atoms. The largest absolute Gasteiger partial charge is 0.340 e. The molecule has 1 unspecified atom stereocenters. The molecule has 0 aromatic rings. The Morgan fingerprint density at radius 3 is 2.52 bits per heavy atom. The van der Waals surface area contributed by atoms with E-state index in [2.05, 4.69) is 10.2 Å². The van der Waals surface area contributed by atoms with E-state index in [1.165, 1.54) is 0 Å². The minimum Gasteiger partial charge on any atom is -0.340 e. The topological polar surface area (TPSA) is 69.7 Å². The Labute approximate surface area is 133 Å². The first-order valence-electron chi connectivity index (χ1n) is 7.45. The van der Waals surface area contributed by atoms with Gasteiger partial charge >= 0.3 is 0 Å². The lowest BCUT2D eigenvalue weighted by atomic mass is 10.2. The van der Waals surface area contributed by atoms with Crippen LogP contribution in [-0.2, 0) is 14.6 Å². The molecule has 1 amide bonds. The summed E-state index contributed by atoms with van der Waals surface area (Å²) in [7, 11) is -2.85. The number of nitrogens with one attached hydrogen (secondary N) is 1. The van der Waals surface area contributed by atoms with Gasteiger partial charge in [-0.05, 0) is 13.0 Å². The van der Waals surface area contributed by atoms with Crippen molar-refractivity contribution >= 4 is 28.2 Å². The summed E-state index contributed by atoms with van der Waals surface area (Å²) in [5, 5.41) is 3.23. The quantitative estimate of drug-likeness (QED) is 0.747. The number of sulfone groups is 1. The van der Waals surface area contributed by atoms with Crippen molar-refractivity contribution in [3.8, 4) is 0 Å². The molecule has 0 aromatic carbocycles. The molecule has 2 rings (SSSR count). The van der Waals surface area contributed by atoms with E-state index < -0.39 is 9.84 Å². The van der Waals surface area contributed by atoms with Crippen LogP contribution in [0, 0.1) is 0 Å². The zero-order chi connectivity index (χ0) is 14.6. The number of nitrogens with zero attached hydrogens (tertiary/aromatic N) is 2. The Bertz CT molecular complexity index is 438. The summed E-state index contributed by atoms with van der Waals surface area (Å²) in [5.74, 6) is 0.730. The van der Waals surface area contributed by atoms with E-state index in [4.69, 9.17) is 0 Å². The molecule has 0 aliphatic carbocycles. The Hall–Kier alpha value is -0.370. The second-order valence-electron chi connectivity index (χ2n) is 5.57. The summed E-state index contributed by atoms with van der Waals surface area (Å²) in [6.45, 7) is 6.79. The second kappa shape index (κ2) is 8.31. The summed E-state index contributed by atoms with van der Waals surface area (Å²) >= 11 is 0. The number of hydrogen-bond acceptors (Lipinski definition) is 5. The SMILES string of the molecule is CCN(CCC(=O)N1CCNCC1)C1CCS(=O)(=O)C1.Cl. The van der Waals surface area contributed by atoms with Gasteiger partial charge in [0.05, 0.1) is 11.5 Å². The van der Waals surface area contributed by atoms with Crippen LogP contribution in [-0.4, -0.2) is 80.9 Å². The Morgan fingerprint density at radius 1 is 1.33 bits per heavy atom. The minimum absolute atomic E-state index is 0. The van der Waals surface area contributed by atoms with Gasteiger partial charge in [-0.25, -0.2) is 8.42 Å². The van der Waals surface area contributed by atoms with Gasteiger partial charge in [-0.1, -0.05) is 6.92 Å². The molecule has 2 heterocycles. The highest BCUT2D eigenvalue weighted by Gasteiger charge is 2.31. The van der Waals surface area contributed by atoms with Crippen molar-refractivity contribution in [2.24, 2.45) is 0 Å². The molecule has 0 saturated carbocycles. The molecule has 0 aromatic heterocycles. The summed E-state index contributed by atoms with van der Waals surface area (Å²) in [6.07, 6.45) is 1.20. The van der Waals surface area contributed by atoms with Gasteiger partial charge in [0.25, 0.3) is 0 Å². The molecule has 8 heteroatoms. The molecule has 6 nitrogen and oxygen atoms in total. The highest BCUT2D eigenvalue weighted by Crippen LogP contribution is 2.18. The fourth-order valence-corrected chi connectivity index (χ4v) is 4.74. The van der Waals surface area contributed by atoms with Crippen molar-refractivity contribution in [2.75, 3.05) is 50.8 Å². The normalized spacial score (nSPS) is 24.9. The van der Waals surface area contributed by atoms with Crippen LogP contribution >= 0.6 is 12.4 Å². The molecule has 0 spiro atoms. The molecule has 2 aliphatic rings. The Balaban J connectivity index is 0.00000220. The van der Waals surface area contributed by atoms with Crippen LogP contribution in [0.15, 0.2) is 0 Å². The third-order valence-electron chi connectivity index (χ3n) is 4.21. The third kappa shape index (κ3) is 5.39. The van der Waals surface area contributed by atoms with E-state index >= 15 is 0 Å². The van der Waals surface area contributed by atoms with Crippen molar-refractivity contribution < 1.29 is 13.2 Å². The van der Waals surface area contributed by atoms with Crippen molar-refractivity contribution in [3.63, 3.8) is 0 Å². The highest BCUT2D eigenvalue weighted by molar-refractivity contribution is 7.91. The van der Waals surface area contributed by atoms with Gasteiger partial charge < -0.3 is 10.2 Å². The number of halogens is 1. The first kappa shape index (κ1) is 18.7. The molecule has 1 N–H and O–H groups in total. The van der Waals surface area contributed by atoms with Crippen molar-refractivity contribution in [1.29, 1.82) is 0 Å². The highest BCUT2D eigenvalue weighted by atomic mass is 35.5. The van der Waals surface area contributed by atoms with Crippen LogP contribution in [0.3, 0.4) is 0 Å². The fraction of sp³-hybridized carbons (Fsp3) is 0.923. The molecular formula is C13H26ClN3O3S. The van der Waals surface area contributed by atoms with Gasteiger partial charge in [0, 0.05) is 45.2 Å². The smallest absolute Gasteiger partial charge is 0.223 e. The van der Waals surface area contributed by atoms with Gasteiger partial charge in [-0.2, -0.15) is 0 Å². The molecular weight excluding hydrogens is 314 g/mol. The summed E-state index contributed by atoms with van der Waals surface area (Å²) < 4.78 is 23.1. The molecule has 1 atom stereocenters. The maximum Gasteiger partial charge on any atom is 0.223 e. The number of hydrogen-bond donors (Lipinski definition) is 1. The molecule has 124 valence electrons. The van der Waals surface area contributed by atoms with Crippen molar-refractivity contribution in [3.05, 3.63) is 0 Å². The van der Waals surface area contributed by atoms with Crippen molar-refractivity contribution in [1.82, 2.24) is 15.1 Å². The van der Waals surface area contributed by atoms with Gasteiger partial charge in [-0.3, -0.25) is 9.69 Å². The van der Waals surface area contributed by atoms with E-state index in [0.717, 1.165) is 32.7 Å². The maximum absolute atomic E-state index is 12.1. The molecule has 2 saturated heterocycles. The van der Waals surface area contributed by atoms with E-state index in [0.29, 0.717) is 25.1 Å². The molecule has 0 radical (unpaired) electrons. The standard InChI is InChI=1S/C13H25N3O3S.ClH/c1-2-15(12-4-10-20(18,19)11-12)7-3-13(17)16-8-5-14-6-9-16;/h12,14H,2-11H2,1H3;1H. The number of rotatable bonds is 5. The lowest BCUT2D eigenvalue weighted by Gasteiger charge is -2.30. The predicted molar refractivity (Wildman–Crippen MR) is 85.6 cm³/mol. The summed E-state index contributed by atoms with van der Waals surface area (Å²) in [6, 6.07) is 0.0980. The zero-order valence-corrected chi connectivity index (χ0v) is 14.2. The second-order valence-corrected chi connectivity index (χ2v) is 7.79. The number of carbonyl (C=O) groups is 1. The Morgan fingerprint density at radius 2 is 2.00 bits per heavy atom. The third-order valence-corrected chi connectivity index (χ3v) is 5.96. The number of amides is 1. The van der Waals surface area contributed by atoms with Crippen LogP contribution in [0.2, 0.25) is 0 Å². The molecule has 2 fully saturated rings. The van der Waals surface area contributed by atoms with E-state index in [9.17, 15) is 13.2 Å². The van der Waals surface area contributed by atoms with E-state index in [-0.39, 0.29) is 30.1 Å². The number of carbonyl (C=O) groups excluding carboxylic acids is 1. The van der Waals surface area contributed by atoms with Gasteiger partial charge in [0.15, 0.2) is 9.84 Å².